The Balaban J connectivity index is 2.23. The van der Waals surface area contributed by atoms with Gasteiger partial charge in [0.05, 0.1) is 0 Å². The van der Waals surface area contributed by atoms with Crippen molar-refractivity contribution in [3.63, 3.8) is 0 Å². The summed E-state index contributed by atoms with van der Waals surface area (Å²) in [5, 5.41) is 3.72. The van der Waals surface area contributed by atoms with Crippen molar-refractivity contribution < 1.29 is 14.3 Å². The number of nitrogens with one attached hydrogen (secondary N) is 1. The van der Waals surface area contributed by atoms with Gasteiger partial charge in [0, 0.05) is 28.7 Å². The Kier molecular flexibility index (Phi) is 9.00. The molecule has 5 nitrogen and oxygen atoms in total. The van der Waals surface area contributed by atoms with E-state index >= 15 is 0 Å². The number of amides is 2. The highest BCUT2D eigenvalue weighted by Gasteiger charge is 2.27. The van der Waals surface area contributed by atoms with Gasteiger partial charge in [0.2, 0.25) is 5.91 Å². The van der Waals surface area contributed by atoms with E-state index in [1.807, 2.05) is 39.0 Å². The zero-order chi connectivity index (χ0) is 22.3. The topological polar surface area (TPSA) is 58.6 Å². The van der Waals surface area contributed by atoms with Crippen LogP contribution in [0.3, 0.4) is 0 Å². The van der Waals surface area contributed by atoms with Gasteiger partial charge in [-0.15, -0.1) is 0 Å². The highest BCUT2D eigenvalue weighted by Crippen LogP contribution is 2.27. The molecule has 2 rings (SSSR count). The van der Waals surface area contributed by atoms with Crippen LogP contribution in [0.25, 0.3) is 0 Å². The SMILES string of the molecule is CCCNC(=O)C(C)N(Cc1c(Cl)cccc1Cl)C(=O)COc1cc(C)ccc1C. The third kappa shape index (κ3) is 6.38. The number of rotatable bonds is 9. The molecule has 0 radical (unpaired) electrons. The predicted molar refractivity (Wildman–Crippen MR) is 121 cm³/mol. The summed E-state index contributed by atoms with van der Waals surface area (Å²) in [4.78, 5) is 27.1. The normalized spacial score (nSPS) is 11.7. The lowest BCUT2D eigenvalue weighted by atomic mass is 10.1. The van der Waals surface area contributed by atoms with E-state index in [4.69, 9.17) is 27.9 Å². The fourth-order valence-electron chi connectivity index (χ4n) is 2.92. The van der Waals surface area contributed by atoms with E-state index in [2.05, 4.69) is 5.32 Å². The van der Waals surface area contributed by atoms with Crippen LogP contribution >= 0.6 is 23.2 Å². The molecule has 0 fully saturated rings. The first-order chi connectivity index (χ1) is 14.2. The maximum Gasteiger partial charge on any atom is 0.261 e. The van der Waals surface area contributed by atoms with Crippen LogP contribution in [0.15, 0.2) is 36.4 Å². The molecule has 0 saturated heterocycles. The second-order valence-corrected chi connectivity index (χ2v) is 8.06. The number of hydrogen-bond acceptors (Lipinski definition) is 3. The van der Waals surface area contributed by atoms with Crippen LogP contribution < -0.4 is 10.1 Å². The van der Waals surface area contributed by atoms with Crippen molar-refractivity contribution in [2.75, 3.05) is 13.2 Å². The van der Waals surface area contributed by atoms with E-state index in [0.717, 1.165) is 17.5 Å². The number of ether oxygens (including phenoxy) is 1. The number of carbonyl (C=O) groups is 2. The van der Waals surface area contributed by atoms with Gasteiger partial charge in [-0.05, 0) is 56.5 Å². The Morgan fingerprint density at radius 1 is 1.13 bits per heavy atom. The molecule has 0 aromatic heterocycles. The molecule has 0 spiro atoms. The largest absolute Gasteiger partial charge is 0.483 e. The van der Waals surface area contributed by atoms with Gasteiger partial charge in [-0.2, -0.15) is 0 Å². The van der Waals surface area contributed by atoms with Crippen molar-refractivity contribution in [2.24, 2.45) is 0 Å². The zero-order valence-corrected chi connectivity index (χ0v) is 19.3. The van der Waals surface area contributed by atoms with Crippen molar-refractivity contribution in [1.82, 2.24) is 10.2 Å². The van der Waals surface area contributed by atoms with Crippen LogP contribution in [0.5, 0.6) is 5.75 Å². The number of nitrogens with zero attached hydrogens (tertiary/aromatic N) is 1. The summed E-state index contributed by atoms with van der Waals surface area (Å²) >= 11 is 12.6. The summed E-state index contributed by atoms with van der Waals surface area (Å²) in [6.45, 7) is 7.98. The average Bonchev–Trinajstić information content (AvgIpc) is 2.71. The van der Waals surface area contributed by atoms with Crippen molar-refractivity contribution in [3.05, 3.63) is 63.1 Å². The minimum Gasteiger partial charge on any atom is -0.483 e. The first-order valence-electron chi connectivity index (χ1n) is 9.94. The molecule has 0 aliphatic carbocycles. The molecule has 30 heavy (non-hydrogen) atoms. The molecule has 0 aliphatic heterocycles. The highest BCUT2D eigenvalue weighted by atomic mass is 35.5. The number of aryl methyl sites for hydroxylation is 2. The van der Waals surface area contributed by atoms with E-state index in [1.165, 1.54) is 4.90 Å². The maximum absolute atomic E-state index is 13.1. The summed E-state index contributed by atoms with van der Waals surface area (Å²) in [7, 11) is 0. The molecular formula is C23H28Cl2N2O3. The third-order valence-corrected chi connectivity index (χ3v) is 5.51. The smallest absolute Gasteiger partial charge is 0.261 e. The van der Waals surface area contributed by atoms with E-state index in [0.29, 0.717) is 27.9 Å². The summed E-state index contributed by atoms with van der Waals surface area (Å²) in [6.07, 6.45) is 0.804. The standard InChI is InChI=1S/C23H28Cl2N2O3/c1-5-11-26-23(29)17(4)27(13-18-19(24)7-6-8-20(18)25)22(28)14-30-21-12-15(2)9-10-16(21)3/h6-10,12,17H,5,11,13-14H2,1-4H3,(H,26,29). The number of hydrogen-bond donors (Lipinski definition) is 1. The number of halogens is 2. The van der Waals surface area contributed by atoms with E-state index < -0.39 is 6.04 Å². The van der Waals surface area contributed by atoms with E-state index in [1.54, 1.807) is 25.1 Å². The molecule has 162 valence electrons. The van der Waals surface area contributed by atoms with Crippen LogP contribution in [0.1, 0.15) is 37.0 Å². The van der Waals surface area contributed by atoms with Gasteiger partial charge in [-0.1, -0.05) is 48.3 Å². The Bertz CT molecular complexity index is 882. The fraction of sp³-hybridized carbons (Fsp3) is 0.391. The molecule has 7 heteroatoms. The summed E-state index contributed by atoms with van der Waals surface area (Å²) in [5.41, 5.74) is 2.56. The molecule has 0 saturated carbocycles. The Morgan fingerprint density at radius 3 is 2.43 bits per heavy atom. The number of carbonyl (C=O) groups excluding carboxylic acids is 2. The second-order valence-electron chi connectivity index (χ2n) is 7.25. The molecule has 0 bridgehead atoms. The van der Waals surface area contributed by atoms with Gasteiger partial charge in [0.1, 0.15) is 11.8 Å². The van der Waals surface area contributed by atoms with Crippen LogP contribution in [-0.4, -0.2) is 35.9 Å². The highest BCUT2D eigenvalue weighted by molar-refractivity contribution is 6.36. The lowest BCUT2D eigenvalue weighted by Gasteiger charge is -2.29. The van der Waals surface area contributed by atoms with Gasteiger partial charge in [0.15, 0.2) is 6.61 Å². The Labute approximate surface area is 188 Å². The quantitative estimate of drug-likeness (QED) is 0.588. The van der Waals surface area contributed by atoms with Gasteiger partial charge in [0.25, 0.3) is 5.91 Å². The van der Waals surface area contributed by atoms with Crippen LogP contribution in [0.4, 0.5) is 0 Å². The van der Waals surface area contributed by atoms with E-state index in [9.17, 15) is 9.59 Å². The lowest BCUT2D eigenvalue weighted by molar-refractivity contribution is -0.142. The van der Waals surface area contributed by atoms with Crippen LogP contribution in [0.2, 0.25) is 10.0 Å². The van der Waals surface area contributed by atoms with Crippen LogP contribution in [0, 0.1) is 13.8 Å². The zero-order valence-electron chi connectivity index (χ0n) is 17.8. The van der Waals surface area contributed by atoms with Crippen molar-refractivity contribution in [3.8, 4) is 5.75 Å². The van der Waals surface area contributed by atoms with Gasteiger partial charge < -0.3 is 15.0 Å². The molecule has 0 aliphatic rings. The molecule has 1 unspecified atom stereocenters. The average molecular weight is 451 g/mol. The Morgan fingerprint density at radius 2 is 1.80 bits per heavy atom. The minimum atomic E-state index is -0.710. The van der Waals surface area contributed by atoms with Crippen molar-refractivity contribution in [2.45, 2.75) is 46.7 Å². The fourth-order valence-corrected chi connectivity index (χ4v) is 3.43. The van der Waals surface area contributed by atoms with Gasteiger partial charge >= 0.3 is 0 Å². The van der Waals surface area contributed by atoms with Crippen molar-refractivity contribution in [1.29, 1.82) is 0 Å². The van der Waals surface area contributed by atoms with Gasteiger partial charge in [-0.3, -0.25) is 9.59 Å². The minimum absolute atomic E-state index is 0.105. The molecular weight excluding hydrogens is 423 g/mol. The summed E-state index contributed by atoms with van der Waals surface area (Å²) in [5.74, 6) is 0.0771. The predicted octanol–water partition coefficient (Wildman–Crippen LogP) is 4.93. The monoisotopic (exact) mass is 450 g/mol. The lowest BCUT2D eigenvalue weighted by Crippen LogP contribution is -2.49. The second kappa shape index (κ2) is 11.2. The molecule has 0 heterocycles. The Hall–Kier alpha value is -2.24. The van der Waals surface area contributed by atoms with Crippen LogP contribution in [-0.2, 0) is 16.1 Å². The van der Waals surface area contributed by atoms with Gasteiger partial charge in [-0.25, -0.2) is 0 Å². The molecule has 2 aromatic carbocycles. The summed E-state index contributed by atoms with van der Waals surface area (Å²) < 4.78 is 5.78. The first kappa shape index (κ1) is 24.0. The van der Waals surface area contributed by atoms with E-state index in [-0.39, 0.29) is 25.0 Å². The molecule has 2 aromatic rings. The first-order valence-corrected chi connectivity index (χ1v) is 10.7. The third-order valence-electron chi connectivity index (χ3n) is 4.80. The maximum atomic E-state index is 13.1. The molecule has 1 N–H and O–H groups in total. The summed E-state index contributed by atoms with van der Waals surface area (Å²) in [6, 6.07) is 10.3. The molecule has 2 amide bonds. The number of benzene rings is 2. The molecule has 1 atom stereocenters. The van der Waals surface area contributed by atoms with Crippen molar-refractivity contribution >= 4 is 35.0 Å².